The van der Waals surface area contributed by atoms with E-state index in [4.69, 9.17) is 5.41 Å². The molecule has 0 bridgehead atoms. The van der Waals surface area contributed by atoms with Gasteiger partial charge >= 0.3 is 0 Å². The zero-order chi connectivity index (χ0) is 16.2. The molecule has 0 aromatic heterocycles. The van der Waals surface area contributed by atoms with Crippen LogP contribution in [0.4, 0.5) is 0 Å². The van der Waals surface area contributed by atoms with E-state index in [9.17, 15) is 5.26 Å². The minimum Gasteiger partial charge on any atom is -0.356 e. The first kappa shape index (κ1) is 15.7. The van der Waals surface area contributed by atoms with Crippen LogP contribution in [-0.2, 0) is 0 Å². The second-order valence-corrected chi connectivity index (χ2v) is 6.85. The van der Waals surface area contributed by atoms with Crippen molar-refractivity contribution in [3.63, 3.8) is 0 Å². The summed E-state index contributed by atoms with van der Waals surface area (Å²) >= 11 is 1.49. The quantitative estimate of drug-likeness (QED) is 0.494. The number of nitrogens with zero attached hydrogens (tertiary/aromatic N) is 2. The number of nitrogens with one attached hydrogen (secondary N) is 2. The maximum Gasteiger partial charge on any atom is 0.141 e. The van der Waals surface area contributed by atoms with Crippen LogP contribution in [0.3, 0.4) is 0 Å². The maximum absolute atomic E-state index is 9.54. The Morgan fingerprint density at radius 1 is 1.30 bits per heavy atom. The minimum atomic E-state index is 0.345. The van der Waals surface area contributed by atoms with Crippen molar-refractivity contribution < 1.29 is 0 Å². The smallest absolute Gasteiger partial charge is 0.141 e. The molecule has 1 fully saturated rings. The molecule has 2 heterocycles. The molecule has 0 spiro atoms. The molecule has 2 aliphatic heterocycles. The molecule has 23 heavy (non-hydrogen) atoms. The van der Waals surface area contributed by atoms with Crippen LogP contribution in [0.2, 0.25) is 0 Å². The Morgan fingerprint density at radius 3 is 2.65 bits per heavy atom. The fourth-order valence-electron chi connectivity index (χ4n) is 2.78. The predicted molar refractivity (Wildman–Crippen MR) is 95.5 cm³/mol. The van der Waals surface area contributed by atoms with Gasteiger partial charge in [-0.2, -0.15) is 5.26 Å². The van der Waals surface area contributed by atoms with E-state index in [1.54, 1.807) is 0 Å². The SMILES string of the molecule is CC1CCN(C(=N)/C(C#N)=C2\NC(c3ccccc3)=CS2)CC1. The molecule has 0 atom stereocenters. The number of amidine groups is 1. The highest BCUT2D eigenvalue weighted by Crippen LogP contribution is 2.32. The average molecular weight is 324 g/mol. The van der Waals surface area contributed by atoms with Gasteiger partial charge in [0, 0.05) is 18.5 Å². The van der Waals surface area contributed by atoms with Crippen LogP contribution in [0.25, 0.3) is 5.70 Å². The van der Waals surface area contributed by atoms with Gasteiger partial charge in [-0.3, -0.25) is 5.41 Å². The van der Waals surface area contributed by atoms with Crippen molar-refractivity contribution in [3.05, 3.63) is 51.9 Å². The zero-order valence-corrected chi connectivity index (χ0v) is 14.0. The van der Waals surface area contributed by atoms with Crippen molar-refractivity contribution in [1.29, 1.82) is 10.7 Å². The summed E-state index contributed by atoms with van der Waals surface area (Å²) < 4.78 is 0. The number of hydrogen-bond donors (Lipinski definition) is 2. The zero-order valence-electron chi connectivity index (χ0n) is 13.2. The molecule has 118 valence electrons. The first-order valence-electron chi connectivity index (χ1n) is 7.86. The normalized spacial score (nSPS) is 20.5. The number of nitriles is 1. The molecule has 2 aliphatic rings. The molecule has 2 N–H and O–H groups in total. The standard InChI is InChI=1S/C18H20N4S/c1-13-7-9-22(10-8-13)17(20)15(11-19)18-21-16(12-23-18)14-5-3-2-4-6-14/h2-6,12-13,20-21H,7-10H2,1H3/b18-15+,20-17?. The average Bonchev–Trinajstić information content (AvgIpc) is 3.06. The highest BCUT2D eigenvalue weighted by molar-refractivity contribution is 8.06. The number of hydrogen-bond acceptors (Lipinski definition) is 4. The highest BCUT2D eigenvalue weighted by atomic mass is 32.2. The van der Waals surface area contributed by atoms with Crippen LogP contribution in [0.1, 0.15) is 25.3 Å². The Balaban J connectivity index is 1.75. The van der Waals surface area contributed by atoms with Crippen molar-refractivity contribution in [2.45, 2.75) is 19.8 Å². The molecule has 1 aromatic rings. The molecule has 1 saturated heterocycles. The maximum atomic E-state index is 9.54. The summed E-state index contributed by atoms with van der Waals surface area (Å²) in [4.78, 5) is 2.02. The molecule has 1 aromatic carbocycles. The van der Waals surface area contributed by atoms with Crippen molar-refractivity contribution in [2.75, 3.05) is 13.1 Å². The summed E-state index contributed by atoms with van der Waals surface area (Å²) in [5.74, 6) is 1.06. The lowest BCUT2D eigenvalue weighted by Gasteiger charge is -2.32. The third kappa shape index (κ3) is 3.43. The summed E-state index contributed by atoms with van der Waals surface area (Å²) in [6.45, 7) is 3.97. The van der Waals surface area contributed by atoms with Gasteiger partial charge in [0.1, 0.15) is 17.5 Å². The molecular formula is C18H20N4S. The van der Waals surface area contributed by atoms with Crippen molar-refractivity contribution in [3.8, 4) is 6.07 Å². The first-order valence-corrected chi connectivity index (χ1v) is 8.74. The van der Waals surface area contributed by atoms with Gasteiger partial charge in [0.2, 0.25) is 0 Å². The van der Waals surface area contributed by atoms with Gasteiger partial charge in [-0.25, -0.2) is 0 Å². The molecule has 4 nitrogen and oxygen atoms in total. The molecular weight excluding hydrogens is 304 g/mol. The van der Waals surface area contributed by atoms with E-state index in [2.05, 4.69) is 18.3 Å². The van der Waals surface area contributed by atoms with E-state index >= 15 is 0 Å². The fraction of sp³-hybridized carbons (Fsp3) is 0.333. The second-order valence-electron chi connectivity index (χ2n) is 5.97. The molecule has 0 amide bonds. The Morgan fingerprint density at radius 2 is 2.00 bits per heavy atom. The Kier molecular flexibility index (Phi) is 4.73. The number of rotatable bonds is 2. The molecule has 0 aliphatic carbocycles. The van der Waals surface area contributed by atoms with E-state index in [1.807, 2.05) is 40.6 Å². The van der Waals surface area contributed by atoms with Gasteiger partial charge in [-0.05, 0) is 24.3 Å². The molecule has 3 rings (SSSR count). The predicted octanol–water partition coefficient (Wildman–Crippen LogP) is 3.77. The fourth-order valence-corrected chi connectivity index (χ4v) is 3.64. The summed E-state index contributed by atoms with van der Waals surface area (Å²) in [5.41, 5.74) is 2.51. The van der Waals surface area contributed by atoms with Crippen molar-refractivity contribution >= 4 is 23.3 Å². The van der Waals surface area contributed by atoms with Crippen LogP contribution in [-0.4, -0.2) is 23.8 Å². The lowest BCUT2D eigenvalue weighted by atomic mass is 9.98. The van der Waals surface area contributed by atoms with Crippen LogP contribution in [0.5, 0.6) is 0 Å². The lowest BCUT2D eigenvalue weighted by molar-refractivity contribution is 0.279. The lowest BCUT2D eigenvalue weighted by Crippen LogP contribution is -2.38. The van der Waals surface area contributed by atoms with Crippen LogP contribution < -0.4 is 5.32 Å². The first-order chi connectivity index (χ1) is 11.2. The summed E-state index contributed by atoms with van der Waals surface area (Å²) in [6.07, 6.45) is 2.18. The molecule has 0 saturated carbocycles. The monoisotopic (exact) mass is 324 g/mol. The number of likely N-dealkylation sites (tertiary alicyclic amines) is 1. The van der Waals surface area contributed by atoms with Gasteiger partial charge in [-0.15, -0.1) is 0 Å². The van der Waals surface area contributed by atoms with E-state index in [-0.39, 0.29) is 0 Å². The van der Waals surface area contributed by atoms with Gasteiger partial charge in [-0.1, -0.05) is 49.0 Å². The van der Waals surface area contributed by atoms with Crippen LogP contribution >= 0.6 is 11.8 Å². The topological polar surface area (TPSA) is 62.9 Å². The van der Waals surface area contributed by atoms with Gasteiger partial charge in [0.05, 0.1) is 10.7 Å². The third-order valence-corrected chi connectivity index (χ3v) is 5.20. The molecule has 5 heteroatoms. The second kappa shape index (κ2) is 6.93. The van der Waals surface area contributed by atoms with E-state index < -0.39 is 0 Å². The number of benzene rings is 1. The summed E-state index contributed by atoms with van der Waals surface area (Å²) in [6, 6.07) is 12.3. The summed E-state index contributed by atoms with van der Waals surface area (Å²) in [5, 5.41) is 24.0. The van der Waals surface area contributed by atoms with E-state index in [1.165, 1.54) is 11.8 Å². The van der Waals surface area contributed by atoms with E-state index in [0.717, 1.165) is 42.2 Å². The van der Waals surface area contributed by atoms with Gasteiger partial charge in [0.25, 0.3) is 0 Å². The molecule has 0 radical (unpaired) electrons. The van der Waals surface area contributed by atoms with Crippen LogP contribution in [0.15, 0.2) is 46.3 Å². The van der Waals surface area contributed by atoms with E-state index in [0.29, 0.717) is 17.3 Å². The van der Waals surface area contributed by atoms with Crippen molar-refractivity contribution in [1.82, 2.24) is 10.2 Å². The van der Waals surface area contributed by atoms with Crippen molar-refractivity contribution in [2.24, 2.45) is 5.92 Å². The number of thioether (sulfide) groups is 1. The highest BCUT2D eigenvalue weighted by Gasteiger charge is 2.24. The Labute approximate surface area is 141 Å². The van der Waals surface area contributed by atoms with Gasteiger partial charge in [0.15, 0.2) is 0 Å². The Bertz CT molecular complexity index is 691. The minimum absolute atomic E-state index is 0.345. The van der Waals surface area contributed by atoms with Gasteiger partial charge < -0.3 is 10.2 Å². The molecule has 0 unspecified atom stereocenters. The summed E-state index contributed by atoms with van der Waals surface area (Å²) in [7, 11) is 0. The largest absolute Gasteiger partial charge is 0.356 e. The van der Waals surface area contributed by atoms with Crippen LogP contribution in [0, 0.1) is 22.7 Å². The third-order valence-electron chi connectivity index (χ3n) is 4.30. The number of piperidine rings is 1. The Hall–Kier alpha value is -2.19.